The average Bonchev–Trinajstić information content (AvgIpc) is 3.09. The maximum atomic E-state index is 2.31. The van der Waals surface area contributed by atoms with Crippen LogP contribution in [0.2, 0.25) is 0 Å². The van der Waals surface area contributed by atoms with Crippen LogP contribution < -0.4 is 0 Å². The third-order valence-corrected chi connectivity index (χ3v) is 3.41. The van der Waals surface area contributed by atoms with E-state index in [2.05, 4.69) is 67.6 Å². The second-order valence-electron chi connectivity index (χ2n) is 4.74. The molecular weight excluding hydrogens is 204 g/mol. The van der Waals surface area contributed by atoms with E-state index < -0.39 is 0 Å². The van der Waals surface area contributed by atoms with Gasteiger partial charge in [0.05, 0.1) is 0 Å². The lowest BCUT2D eigenvalue weighted by Gasteiger charge is -2.08. The predicted molar refractivity (Wildman–Crippen MR) is 72.7 cm³/mol. The molecule has 2 aromatic carbocycles. The summed E-state index contributed by atoms with van der Waals surface area (Å²) in [6, 6.07) is 21.5. The topological polar surface area (TPSA) is 0 Å². The molecule has 3 rings (SSSR count). The fourth-order valence-electron chi connectivity index (χ4n) is 2.37. The first kappa shape index (κ1) is 10.3. The first-order chi connectivity index (χ1) is 8.36. The van der Waals surface area contributed by atoms with Gasteiger partial charge in [0.2, 0.25) is 0 Å². The van der Waals surface area contributed by atoms with Gasteiger partial charge in [-0.25, -0.2) is 0 Å². The van der Waals surface area contributed by atoms with Gasteiger partial charge in [-0.05, 0) is 29.0 Å². The van der Waals surface area contributed by atoms with Crippen molar-refractivity contribution in [1.29, 1.82) is 0 Å². The van der Waals surface area contributed by atoms with Crippen molar-refractivity contribution >= 4 is 5.57 Å². The molecule has 0 bridgehead atoms. The molecule has 2 aromatic rings. The van der Waals surface area contributed by atoms with Gasteiger partial charge in [-0.2, -0.15) is 0 Å². The highest BCUT2D eigenvalue weighted by atomic mass is 14.3. The number of benzene rings is 2. The lowest BCUT2D eigenvalue weighted by molar-refractivity contribution is 1.02. The average molecular weight is 220 g/mol. The van der Waals surface area contributed by atoms with Crippen LogP contribution in [0.3, 0.4) is 0 Å². The maximum absolute atomic E-state index is 2.31. The van der Waals surface area contributed by atoms with Crippen molar-refractivity contribution in [2.45, 2.75) is 13.3 Å². The Kier molecular flexibility index (Phi) is 2.56. The zero-order valence-electron chi connectivity index (χ0n) is 10.1. The van der Waals surface area contributed by atoms with Crippen LogP contribution in [0.4, 0.5) is 0 Å². The van der Waals surface area contributed by atoms with Gasteiger partial charge in [0.1, 0.15) is 0 Å². The van der Waals surface area contributed by atoms with Gasteiger partial charge in [0.25, 0.3) is 0 Å². The van der Waals surface area contributed by atoms with Crippen LogP contribution >= 0.6 is 0 Å². The molecule has 84 valence electrons. The number of allylic oxidation sites excluding steroid dienone is 1. The Morgan fingerprint density at radius 1 is 0.824 bits per heavy atom. The molecule has 0 N–H and O–H groups in total. The summed E-state index contributed by atoms with van der Waals surface area (Å²) >= 11 is 0. The first-order valence-electron chi connectivity index (χ1n) is 6.20. The molecule has 1 aliphatic carbocycles. The van der Waals surface area contributed by atoms with E-state index >= 15 is 0 Å². The lowest BCUT2D eigenvalue weighted by Crippen LogP contribution is -1.87. The molecule has 1 unspecified atom stereocenters. The Labute approximate surface area is 103 Å². The van der Waals surface area contributed by atoms with Gasteiger partial charge in [-0.3, -0.25) is 0 Å². The summed E-state index contributed by atoms with van der Waals surface area (Å²) in [5, 5.41) is 0. The zero-order chi connectivity index (χ0) is 11.7. The standard InChI is InChI=1S/C17H16/c1-13-12-16(13)17(14-8-4-2-5-9-14)15-10-6-3-7-11-15/h2-11,13H,12H2,1H3. The minimum atomic E-state index is 0.755. The number of rotatable bonds is 2. The van der Waals surface area contributed by atoms with Gasteiger partial charge in [-0.1, -0.05) is 73.2 Å². The van der Waals surface area contributed by atoms with Gasteiger partial charge >= 0.3 is 0 Å². The van der Waals surface area contributed by atoms with E-state index in [9.17, 15) is 0 Å². The van der Waals surface area contributed by atoms with E-state index in [0.29, 0.717) is 0 Å². The predicted octanol–water partition coefficient (Wildman–Crippen LogP) is 4.53. The molecular formula is C17H16. The summed E-state index contributed by atoms with van der Waals surface area (Å²) in [5.74, 6) is 0.755. The van der Waals surface area contributed by atoms with E-state index in [1.807, 2.05) is 0 Å². The van der Waals surface area contributed by atoms with Crippen molar-refractivity contribution in [2.24, 2.45) is 5.92 Å². The molecule has 0 aromatic heterocycles. The fourth-order valence-corrected chi connectivity index (χ4v) is 2.37. The molecule has 0 nitrogen and oxygen atoms in total. The Hall–Kier alpha value is -1.82. The van der Waals surface area contributed by atoms with Crippen molar-refractivity contribution in [3.05, 3.63) is 77.4 Å². The highest BCUT2D eigenvalue weighted by molar-refractivity contribution is 5.84. The van der Waals surface area contributed by atoms with Gasteiger partial charge in [-0.15, -0.1) is 0 Å². The highest BCUT2D eigenvalue weighted by Crippen LogP contribution is 2.45. The van der Waals surface area contributed by atoms with Crippen LogP contribution in [-0.4, -0.2) is 0 Å². The molecule has 1 saturated carbocycles. The smallest absolute Gasteiger partial charge is 0.0116 e. The molecule has 17 heavy (non-hydrogen) atoms. The Morgan fingerprint density at radius 2 is 1.24 bits per heavy atom. The zero-order valence-corrected chi connectivity index (χ0v) is 10.1. The van der Waals surface area contributed by atoms with Gasteiger partial charge < -0.3 is 0 Å². The molecule has 1 aliphatic rings. The SMILES string of the molecule is CC1CC1=C(c1ccccc1)c1ccccc1. The summed E-state index contributed by atoms with van der Waals surface area (Å²) < 4.78 is 0. The van der Waals surface area contributed by atoms with Crippen molar-refractivity contribution in [1.82, 2.24) is 0 Å². The largest absolute Gasteiger partial charge is 0.0622 e. The van der Waals surface area contributed by atoms with Crippen LogP contribution in [0.25, 0.3) is 5.57 Å². The van der Waals surface area contributed by atoms with E-state index in [1.54, 1.807) is 5.57 Å². The van der Waals surface area contributed by atoms with Crippen LogP contribution in [0, 0.1) is 5.92 Å². The second kappa shape index (κ2) is 4.21. The van der Waals surface area contributed by atoms with Crippen molar-refractivity contribution in [2.75, 3.05) is 0 Å². The summed E-state index contributed by atoms with van der Waals surface area (Å²) in [6.07, 6.45) is 1.25. The summed E-state index contributed by atoms with van der Waals surface area (Å²) in [5.41, 5.74) is 5.73. The van der Waals surface area contributed by atoms with Crippen LogP contribution in [0.1, 0.15) is 24.5 Å². The van der Waals surface area contributed by atoms with E-state index in [4.69, 9.17) is 0 Å². The van der Waals surface area contributed by atoms with Crippen LogP contribution in [-0.2, 0) is 0 Å². The Bertz CT molecular complexity index is 493. The van der Waals surface area contributed by atoms with Crippen LogP contribution in [0.15, 0.2) is 66.2 Å². The van der Waals surface area contributed by atoms with E-state index in [0.717, 1.165) is 5.92 Å². The minimum absolute atomic E-state index is 0.755. The molecule has 0 heteroatoms. The Balaban J connectivity index is 2.13. The number of hydrogen-bond donors (Lipinski definition) is 0. The van der Waals surface area contributed by atoms with Gasteiger partial charge in [0, 0.05) is 0 Å². The summed E-state index contributed by atoms with van der Waals surface area (Å²) in [7, 11) is 0. The minimum Gasteiger partial charge on any atom is -0.0622 e. The maximum Gasteiger partial charge on any atom is -0.0116 e. The van der Waals surface area contributed by atoms with Crippen molar-refractivity contribution in [3.8, 4) is 0 Å². The third-order valence-electron chi connectivity index (χ3n) is 3.41. The van der Waals surface area contributed by atoms with E-state index in [-0.39, 0.29) is 0 Å². The molecule has 0 radical (unpaired) electrons. The number of hydrogen-bond acceptors (Lipinski definition) is 0. The van der Waals surface area contributed by atoms with Crippen molar-refractivity contribution in [3.63, 3.8) is 0 Å². The molecule has 0 aliphatic heterocycles. The second-order valence-corrected chi connectivity index (χ2v) is 4.74. The highest BCUT2D eigenvalue weighted by Gasteiger charge is 2.29. The normalized spacial score (nSPS) is 17.9. The van der Waals surface area contributed by atoms with Crippen molar-refractivity contribution < 1.29 is 0 Å². The van der Waals surface area contributed by atoms with Crippen LogP contribution in [0.5, 0.6) is 0 Å². The molecule has 1 atom stereocenters. The molecule has 0 spiro atoms. The van der Waals surface area contributed by atoms with E-state index in [1.165, 1.54) is 23.1 Å². The first-order valence-corrected chi connectivity index (χ1v) is 6.20. The lowest BCUT2D eigenvalue weighted by atomic mass is 9.96. The van der Waals surface area contributed by atoms with Gasteiger partial charge in [0.15, 0.2) is 0 Å². The molecule has 0 heterocycles. The Morgan fingerprint density at radius 3 is 1.59 bits per heavy atom. The quantitative estimate of drug-likeness (QED) is 0.697. The monoisotopic (exact) mass is 220 g/mol. The summed E-state index contributed by atoms with van der Waals surface area (Å²) in [6.45, 7) is 2.31. The third kappa shape index (κ3) is 2.03. The molecule has 1 fully saturated rings. The summed E-state index contributed by atoms with van der Waals surface area (Å²) in [4.78, 5) is 0. The molecule has 0 saturated heterocycles. The fraction of sp³-hybridized carbons (Fsp3) is 0.176. The molecule has 0 amide bonds.